The van der Waals surface area contributed by atoms with Gasteiger partial charge in [0.2, 0.25) is 0 Å². The highest BCUT2D eigenvalue weighted by molar-refractivity contribution is 5.97. The zero-order chi connectivity index (χ0) is 19.3. The molecule has 5 heteroatoms. The fourth-order valence-corrected chi connectivity index (χ4v) is 3.70. The molecule has 0 amide bonds. The molecule has 1 aliphatic rings. The molecule has 146 valence electrons. The molecule has 0 atom stereocenters. The van der Waals surface area contributed by atoms with Crippen molar-refractivity contribution in [2.24, 2.45) is 0 Å². The van der Waals surface area contributed by atoms with E-state index in [0.717, 1.165) is 35.1 Å². The standard InChI is InChI=1S/C23H25NO4/c1-26-23(25)21-14-19-20(24-21)12-18(28-17-10-6-3-7-11-17)13-22(19)27-15-16-8-4-2-5-9-16/h2,4-5,8-9,12-14,17,24H,3,6-7,10-11,15H2,1H3. The number of esters is 1. The number of methoxy groups -OCH3 is 1. The molecule has 2 aromatic carbocycles. The summed E-state index contributed by atoms with van der Waals surface area (Å²) in [6.45, 7) is 0.446. The molecule has 5 nitrogen and oxygen atoms in total. The minimum Gasteiger partial charge on any atom is -0.490 e. The molecule has 28 heavy (non-hydrogen) atoms. The van der Waals surface area contributed by atoms with Gasteiger partial charge in [-0.2, -0.15) is 0 Å². The predicted molar refractivity (Wildman–Crippen MR) is 108 cm³/mol. The van der Waals surface area contributed by atoms with Gasteiger partial charge in [-0.15, -0.1) is 0 Å². The number of hydrogen-bond donors (Lipinski definition) is 1. The molecule has 0 saturated heterocycles. The largest absolute Gasteiger partial charge is 0.490 e. The third kappa shape index (κ3) is 4.14. The summed E-state index contributed by atoms with van der Waals surface area (Å²) in [7, 11) is 1.37. The number of aromatic amines is 1. The van der Waals surface area contributed by atoms with E-state index in [1.165, 1.54) is 26.4 Å². The van der Waals surface area contributed by atoms with E-state index in [1.807, 2.05) is 42.5 Å². The summed E-state index contributed by atoms with van der Waals surface area (Å²) in [5.74, 6) is 1.05. The van der Waals surface area contributed by atoms with Crippen molar-refractivity contribution in [1.82, 2.24) is 4.98 Å². The smallest absolute Gasteiger partial charge is 0.354 e. The minimum atomic E-state index is -0.403. The number of rotatable bonds is 6. The van der Waals surface area contributed by atoms with Gasteiger partial charge in [0.05, 0.1) is 18.7 Å². The highest BCUT2D eigenvalue weighted by Crippen LogP contribution is 2.34. The van der Waals surface area contributed by atoms with Crippen LogP contribution in [0, 0.1) is 0 Å². The molecule has 4 rings (SSSR count). The van der Waals surface area contributed by atoms with Crippen LogP contribution < -0.4 is 9.47 Å². The van der Waals surface area contributed by atoms with Crippen LogP contribution in [-0.4, -0.2) is 24.2 Å². The van der Waals surface area contributed by atoms with Gasteiger partial charge in [0, 0.05) is 17.5 Å². The summed E-state index contributed by atoms with van der Waals surface area (Å²) in [5.41, 5.74) is 2.28. The Morgan fingerprint density at radius 3 is 2.61 bits per heavy atom. The van der Waals surface area contributed by atoms with Crippen LogP contribution in [0.25, 0.3) is 10.9 Å². The molecule has 1 saturated carbocycles. The van der Waals surface area contributed by atoms with Gasteiger partial charge in [0.25, 0.3) is 0 Å². The fraction of sp³-hybridized carbons (Fsp3) is 0.348. The van der Waals surface area contributed by atoms with Gasteiger partial charge in [0.15, 0.2) is 0 Å². The van der Waals surface area contributed by atoms with Crippen molar-refractivity contribution in [2.75, 3.05) is 7.11 Å². The number of nitrogens with one attached hydrogen (secondary N) is 1. The van der Waals surface area contributed by atoms with Crippen molar-refractivity contribution in [3.63, 3.8) is 0 Å². The first-order chi connectivity index (χ1) is 13.7. The van der Waals surface area contributed by atoms with Crippen molar-refractivity contribution >= 4 is 16.9 Å². The lowest BCUT2D eigenvalue weighted by Crippen LogP contribution is -2.19. The topological polar surface area (TPSA) is 60.6 Å². The third-order valence-electron chi connectivity index (χ3n) is 5.17. The lowest BCUT2D eigenvalue weighted by Gasteiger charge is -2.23. The van der Waals surface area contributed by atoms with Crippen LogP contribution in [-0.2, 0) is 11.3 Å². The van der Waals surface area contributed by atoms with Gasteiger partial charge in [-0.05, 0) is 37.3 Å². The normalized spacial score (nSPS) is 14.8. The number of benzene rings is 2. The molecule has 3 aromatic rings. The highest BCUT2D eigenvalue weighted by atomic mass is 16.5. The number of ether oxygens (including phenoxy) is 3. The van der Waals surface area contributed by atoms with Crippen LogP contribution in [0.15, 0.2) is 48.5 Å². The number of H-pyrrole nitrogens is 1. The molecule has 0 bridgehead atoms. The second-order valence-electron chi connectivity index (χ2n) is 7.21. The molecular formula is C23H25NO4. The SMILES string of the molecule is COC(=O)c1cc2c(OCc3ccccc3)cc(OC3CCCCC3)cc2[nH]1. The Morgan fingerprint density at radius 2 is 1.86 bits per heavy atom. The molecule has 1 N–H and O–H groups in total. The Labute approximate surface area is 164 Å². The second-order valence-corrected chi connectivity index (χ2v) is 7.21. The van der Waals surface area contributed by atoms with Gasteiger partial charge in [0.1, 0.15) is 23.8 Å². The number of aromatic nitrogens is 1. The Kier molecular flexibility index (Phi) is 5.51. The van der Waals surface area contributed by atoms with Gasteiger partial charge in [-0.25, -0.2) is 4.79 Å². The monoisotopic (exact) mass is 379 g/mol. The van der Waals surface area contributed by atoms with Gasteiger partial charge in [-0.1, -0.05) is 36.8 Å². The van der Waals surface area contributed by atoms with E-state index in [-0.39, 0.29) is 6.10 Å². The summed E-state index contributed by atoms with van der Waals surface area (Å²) in [6, 6.07) is 15.6. The minimum absolute atomic E-state index is 0.239. The maximum atomic E-state index is 11.9. The maximum Gasteiger partial charge on any atom is 0.354 e. The average Bonchev–Trinajstić information content (AvgIpc) is 3.17. The van der Waals surface area contributed by atoms with Crippen molar-refractivity contribution in [2.45, 2.75) is 44.8 Å². The summed E-state index contributed by atoms with van der Waals surface area (Å²) >= 11 is 0. The first kappa shape index (κ1) is 18.4. The van der Waals surface area contributed by atoms with Gasteiger partial charge < -0.3 is 19.2 Å². The molecule has 0 unspecified atom stereocenters. The molecule has 1 aliphatic carbocycles. The van der Waals surface area contributed by atoms with E-state index in [4.69, 9.17) is 14.2 Å². The number of carbonyl (C=O) groups is 1. The van der Waals surface area contributed by atoms with Crippen molar-refractivity contribution in [1.29, 1.82) is 0 Å². The fourth-order valence-electron chi connectivity index (χ4n) is 3.70. The van der Waals surface area contributed by atoms with E-state index in [9.17, 15) is 4.79 Å². The second kappa shape index (κ2) is 8.38. The molecule has 1 fully saturated rings. The van der Waals surface area contributed by atoms with Crippen LogP contribution in [0.1, 0.15) is 48.2 Å². The van der Waals surface area contributed by atoms with E-state index in [0.29, 0.717) is 18.1 Å². The zero-order valence-corrected chi connectivity index (χ0v) is 16.1. The number of carbonyl (C=O) groups excluding carboxylic acids is 1. The maximum absolute atomic E-state index is 11.9. The highest BCUT2D eigenvalue weighted by Gasteiger charge is 2.18. The number of fused-ring (bicyclic) bond motifs is 1. The van der Waals surface area contributed by atoms with Gasteiger partial charge >= 0.3 is 5.97 Å². The van der Waals surface area contributed by atoms with Crippen LogP contribution in [0.5, 0.6) is 11.5 Å². The van der Waals surface area contributed by atoms with Crippen molar-refractivity contribution in [3.05, 3.63) is 59.8 Å². The van der Waals surface area contributed by atoms with Crippen molar-refractivity contribution < 1.29 is 19.0 Å². The molecule has 1 aromatic heterocycles. The molecular weight excluding hydrogens is 354 g/mol. The van der Waals surface area contributed by atoms with Crippen molar-refractivity contribution in [3.8, 4) is 11.5 Å². The summed E-state index contributed by atoms with van der Waals surface area (Å²) in [6.07, 6.45) is 6.09. The Bertz CT molecular complexity index is 942. The summed E-state index contributed by atoms with van der Waals surface area (Å²) in [5, 5.41) is 0.840. The van der Waals surface area contributed by atoms with E-state index in [2.05, 4.69) is 4.98 Å². The summed E-state index contributed by atoms with van der Waals surface area (Å²) in [4.78, 5) is 15.1. The molecule has 0 aliphatic heterocycles. The van der Waals surface area contributed by atoms with Crippen LogP contribution >= 0.6 is 0 Å². The van der Waals surface area contributed by atoms with E-state index in [1.54, 1.807) is 6.07 Å². The molecule has 1 heterocycles. The molecule has 0 radical (unpaired) electrons. The molecule has 0 spiro atoms. The zero-order valence-electron chi connectivity index (χ0n) is 16.1. The van der Waals surface area contributed by atoms with E-state index >= 15 is 0 Å². The Morgan fingerprint density at radius 1 is 1.07 bits per heavy atom. The lowest BCUT2D eigenvalue weighted by atomic mass is 9.98. The summed E-state index contributed by atoms with van der Waals surface area (Å²) < 4.78 is 17.2. The van der Waals surface area contributed by atoms with Gasteiger partial charge in [-0.3, -0.25) is 0 Å². The quantitative estimate of drug-likeness (QED) is 0.595. The average molecular weight is 379 g/mol. The van der Waals surface area contributed by atoms with Crippen LogP contribution in [0.2, 0.25) is 0 Å². The lowest BCUT2D eigenvalue weighted by molar-refractivity contribution is 0.0595. The first-order valence-electron chi connectivity index (χ1n) is 9.81. The third-order valence-corrected chi connectivity index (χ3v) is 5.17. The van der Waals surface area contributed by atoms with E-state index < -0.39 is 5.97 Å². The predicted octanol–water partition coefficient (Wildman–Crippen LogP) is 5.25. The Hall–Kier alpha value is -2.95. The first-order valence-corrected chi connectivity index (χ1v) is 9.81. The van der Waals surface area contributed by atoms with Crippen LogP contribution in [0.4, 0.5) is 0 Å². The number of hydrogen-bond acceptors (Lipinski definition) is 4. The van der Waals surface area contributed by atoms with Crippen LogP contribution in [0.3, 0.4) is 0 Å². The Balaban J connectivity index is 1.64.